The molecule has 0 unspecified atom stereocenters. The van der Waals surface area contributed by atoms with E-state index in [0.717, 1.165) is 43.2 Å². The van der Waals surface area contributed by atoms with E-state index in [-0.39, 0.29) is 26.1 Å². The zero-order valence-electron chi connectivity index (χ0n) is 20.0. The Bertz CT molecular complexity index is 1070. The Kier molecular flexibility index (Phi) is 7.70. The Labute approximate surface area is 205 Å². The van der Waals surface area contributed by atoms with Gasteiger partial charge in [0.15, 0.2) is 0 Å². The lowest BCUT2D eigenvalue weighted by Crippen LogP contribution is -2.46. The van der Waals surface area contributed by atoms with E-state index in [4.69, 9.17) is 9.47 Å². The number of aryl methyl sites for hydroxylation is 1. The minimum atomic E-state index is -1.11. The first kappa shape index (κ1) is 24.7. The Morgan fingerprint density at radius 1 is 1.09 bits per heavy atom. The molecule has 5 rings (SSSR count). The molecule has 3 aliphatic heterocycles. The number of carboxylic acid groups (broad SMARTS) is 1. The van der Waals surface area contributed by atoms with Crippen LogP contribution in [0, 0.1) is 0 Å². The van der Waals surface area contributed by atoms with Gasteiger partial charge in [-0.25, -0.2) is 9.59 Å². The van der Waals surface area contributed by atoms with Crippen LogP contribution in [0.15, 0.2) is 48.5 Å². The van der Waals surface area contributed by atoms with Crippen LogP contribution in [-0.2, 0) is 31.1 Å². The van der Waals surface area contributed by atoms with Gasteiger partial charge in [0.05, 0.1) is 13.2 Å². The predicted octanol–water partition coefficient (Wildman–Crippen LogP) is 3.72. The maximum Gasteiger partial charge on any atom is 0.407 e. The van der Waals surface area contributed by atoms with Crippen molar-refractivity contribution < 1.29 is 29.0 Å². The van der Waals surface area contributed by atoms with Crippen LogP contribution in [0.25, 0.3) is 11.1 Å². The van der Waals surface area contributed by atoms with Crippen molar-refractivity contribution >= 4 is 18.0 Å². The molecule has 8 nitrogen and oxygen atoms in total. The Morgan fingerprint density at radius 2 is 1.83 bits per heavy atom. The van der Waals surface area contributed by atoms with Crippen molar-refractivity contribution in [2.75, 3.05) is 26.8 Å². The summed E-state index contributed by atoms with van der Waals surface area (Å²) in [6.07, 6.45) is 4.14. The van der Waals surface area contributed by atoms with E-state index in [0.29, 0.717) is 0 Å². The Hall–Kier alpha value is -3.39. The van der Waals surface area contributed by atoms with Crippen molar-refractivity contribution in [1.29, 1.82) is 0 Å². The number of amides is 2. The number of carbonyl (C=O) groups excluding carboxylic acids is 2. The lowest BCUT2D eigenvalue weighted by Gasteiger charge is -2.28. The molecule has 3 aliphatic rings. The molecule has 2 aromatic rings. The van der Waals surface area contributed by atoms with E-state index < -0.39 is 29.6 Å². The van der Waals surface area contributed by atoms with Gasteiger partial charge in [-0.2, -0.15) is 0 Å². The summed E-state index contributed by atoms with van der Waals surface area (Å²) in [5, 5.41) is 12.3. The molecule has 4 bridgehead atoms. The number of benzene rings is 2. The molecular weight excluding hydrogens is 448 g/mol. The van der Waals surface area contributed by atoms with E-state index in [1.807, 2.05) is 36.4 Å². The summed E-state index contributed by atoms with van der Waals surface area (Å²) in [5.41, 5.74) is 3.38. The fourth-order valence-electron chi connectivity index (χ4n) is 5.04. The van der Waals surface area contributed by atoms with Gasteiger partial charge >= 0.3 is 12.1 Å². The van der Waals surface area contributed by atoms with Crippen LogP contribution < -0.4 is 5.32 Å². The highest BCUT2D eigenvalue weighted by Crippen LogP contribution is 2.40. The average Bonchev–Trinajstić information content (AvgIpc) is 3.28. The molecule has 35 heavy (non-hydrogen) atoms. The Balaban J connectivity index is 1.67. The van der Waals surface area contributed by atoms with Crippen molar-refractivity contribution in [2.45, 2.75) is 50.2 Å². The van der Waals surface area contributed by atoms with Crippen LogP contribution in [0.3, 0.4) is 0 Å². The molecule has 3 heterocycles. The zero-order valence-corrected chi connectivity index (χ0v) is 20.0. The summed E-state index contributed by atoms with van der Waals surface area (Å²) in [6, 6.07) is 15.3. The summed E-state index contributed by atoms with van der Waals surface area (Å²) in [7, 11) is 1.53. The molecule has 0 radical (unpaired) electrons. The van der Waals surface area contributed by atoms with Crippen LogP contribution in [0.1, 0.15) is 43.2 Å². The number of fused-ring (bicyclic) bond motifs is 12. The molecule has 2 atom stereocenters. The number of hydrogen-bond acceptors (Lipinski definition) is 5. The molecular formula is C27H32N2O6. The number of methoxy groups -OCH3 is 1. The molecule has 0 aromatic heterocycles. The molecule has 0 saturated carbocycles. The first-order valence-corrected chi connectivity index (χ1v) is 12.1. The summed E-state index contributed by atoms with van der Waals surface area (Å²) >= 11 is 0. The van der Waals surface area contributed by atoms with E-state index in [1.165, 1.54) is 23.1 Å². The van der Waals surface area contributed by atoms with Crippen LogP contribution in [-0.4, -0.2) is 60.8 Å². The lowest BCUT2D eigenvalue weighted by atomic mass is 9.88. The van der Waals surface area contributed by atoms with E-state index >= 15 is 0 Å². The molecule has 2 amide bonds. The van der Waals surface area contributed by atoms with Crippen molar-refractivity contribution in [3.63, 3.8) is 0 Å². The molecule has 2 N–H and O–H groups in total. The summed E-state index contributed by atoms with van der Waals surface area (Å²) < 4.78 is 11.0. The van der Waals surface area contributed by atoms with Gasteiger partial charge in [-0.15, -0.1) is 0 Å². The Morgan fingerprint density at radius 3 is 2.57 bits per heavy atom. The number of carbonyl (C=O) groups is 3. The number of hydrogen-bond donors (Lipinski definition) is 2. The number of aliphatic carboxylic acids is 1. The monoisotopic (exact) mass is 480 g/mol. The van der Waals surface area contributed by atoms with Crippen LogP contribution in [0.4, 0.5) is 4.79 Å². The second kappa shape index (κ2) is 10.9. The van der Waals surface area contributed by atoms with E-state index in [2.05, 4.69) is 17.4 Å². The third kappa shape index (κ3) is 5.48. The highest BCUT2D eigenvalue weighted by Gasteiger charge is 2.50. The number of nitrogens with one attached hydrogen (secondary N) is 1. The van der Waals surface area contributed by atoms with Gasteiger partial charge in [0.2, 0.25) is 5.91 Å². The van der Waals surface area contributed by atoms with Gasteiger partial charge in [0.1, 0.15) is 18.2 Å². The number of nitrogens with zero attached hydrogens (tertiary/aromatic N) is 1. The first-order valence-electron chi connectivity index (χ1n) is 12.1. The van der Waals surface area contributed by atoms with Gasteiger partial charge in [-0.3, -0.25) is 4.79 Å². The van der Waals surface area contributed by atoms with Gasteiger partial charge < -0.3 is 24.8 Å². The quantitative estimate of drug-likeness (QED) is 0.679. The van der Waals surface area contributed by atoms with Gasteiger partial charge in [0, 0.05) is 13.5 Å². The number of ether oxygens (including phenoxy) is 2. The van der Waals surface area contributed by atoms with Gasteiger partial charge in [-0.05, 0) is 41.5 Å². The molecule has 1 fully saturated rings. The largest absolute Gasteiger partial charge is 0.480 e. The normalized spacial score (nSPS) is 23.8. The number of carboxylic acids is 1. The summed E-state index contributed by atoms with van der Waals surface area (Å²) in [6.45, 7) is 0.0147. The second-order valence-electron chi connectivity index (χ2n) is 9.17. The minimum Gasteiger partial charge on any atom is -0.480 e. The fraction of sp³-hybridized carbons (Fsp3) is 0.444. The molecule has 0 aliphatic carbocycles. The van der Waals surface area contributed by atoms with Crippen molar-refractivity contribution in [3.05, 3.63) is 59.7 Å². The van der Waals surface area contributed by atoms with Gasteiger partial charge in [0.25, 0.3) is 0 Å². The van der Waals surface area contributed by atoms with Crippen LogP contribution in [0.2, 0.25) is 0 Å². The SMILES string of the molecule is CO[C@@]12C[C@@H](C(=O)O)N(C1)C(=O)CNC(=O)OCCCCCCc1ccccc1-c1ccc2cc1. The van der Waals surface area contributed by atoms with E-state index in [9.17, 15) is 19.5 Å². The maximum absolute atomic E-state index is 12.9. The predicted molar refractivity (Wildman–Crippen MR) is 130 cm³/mol. The minimum absolute atomic E-state index is 0.0754. The van der Waals surface area contributed by atoms with Gasteiger partial charge in [-0.1, -0.05) is 61.4 Å². The van der Waals surface area contributed by atoms with Crippen molar-refractivity contribution in [2.24, 2.45) is 0 Å². The van der Waals surface area contributed by atoms with E-state index in [1.54, 1.807) is 0 Å². The fourth-order valence-corrected chi connectivity index (χ4v) is 5.04. The molecule has 1 saturated heterocycles. The number of alkyl carbamates (subject to hydrolysis) is 1. The van der Waals surface area contributed by atoms with Crippen LogP contribution in [0.5, 0.6) is 0 Å². The van der Waals surface area contributed by atoms with Crippen molar-refractivity contribution in [3.8, 4) is 11.1 Å². The number of rotatable bonds is 2. The average molecular weight is 481 g/mol. The summed E-state index contributed by atoms with van der Waals surface area (Å²) in [5.74, 6) is -1.60. The topological polar surface area (TPSA) is 105 Å². The third-order valence-corrected chi connectivity index (χ3v) is 7.02. The maximum atomic E-state index is 12.9. The molecule has 2 aromatic carbocycles. The standard InChI is InChI=1S/C27H32N2O6/c1-34-27-16-23(25(31)32)29(18-27)24(30)17-28-26(33)35-15-7-3-2-4-8-19-9-5-6-10-22(19)20-11-13-21(27)14-12-20/h5-6,9-14,23H,2-4,7-8,15-18H2,1H3,(H,28,33)(H,31,32)/t23-,27-/m0/s1. The molecule has 0 spiro atoms. The van der Waals surface area contributed by atoms with Crippen LogP contribution >= 0.6 is 0 Å². The zero-order chi connectivity index (χ0) is 24.8. The third-order valence-electron chi connectivity index (χ3n) is 7.02. The second-order valence-corrected chi connectivity index (χ2v) is 9.17. The smallest absolute Gasteiger partial charge is 0.407 e. The summed E-state index contributed by atoms with van der Waals surface area (Å²) in [4.78, 5) is 38.2. The molecule has 8 heteroatoms. The highest BCUT2D eigenvalue weighted by molar-refractivity contribution is 5.87. The molecule has 186 valence electrons. The first-order chi connectivity index (χ1) is 16.9. The highest BCUT2D eigenvalue weighted by atomic mass is 16.5. The van der Waals surface area contributed by atoms with Crippen molar-refractivity contribution in [1.82, 2.24) is 10.2 Å². The lowest BCUT2D eigenvalue weighted by molar-refractivity contribution is -0.147.